The summed E-state index contributed by atoms with van der Waals surface area (Å²) < 4.78 is 48.3. The molecular weight excluding hydrogens is 815 g/mol. The zero-order chi connectivity index (χ0) is 43.2. The summed E-state index contributed by atoms with van der Waals surface area (Å²) in [6.07, 6.45) is 15.6. The van der Waals surface area contributed by atoms with Crippen molar-refractivity contribution in [1.29, 1.82) is 10.5 Å². The monoisotopic (exact) mass is 874 g/mol. The number of anilines is 1. The van der Waals surface area contributed by atoms with Crippen LogP contribution in [0.1, 0.15) is 126 Å². The lowest BCUT2D eigenvalue weighted by molar-refractivity contribution is -0.107. The maximum Gasteiger partial charge on any atom is 0.472 e. The van der Waals surface area contributed by atoms with Gasteiger partial charge in [-0.15, -0.1) is 0 Å². The highest BCUT2D eigenvalue weighted by Gasteiger charge is 2.83. The van der Waals surface area contributed by atoms with E-state index in [1.54, 1.807) is 12.1 Å². The smallest absolute Gasteiger partial charge is 0.472 e. The van der Waals surface area contributed by atoms with Gasteiger partial charge in [0.05, 0.1) is 38.2 Å². The second kappa shape index (κ2) is 22.6. The van der Waals surface area contributed by atoms with Crippen molar-refractivity contribution in [3.63, 3.8) is 0 Å². The molecule has 5 N–H and O–H groups in total. The minimum atomic E-state index is -4.92. The number of aromatic nitrogens is 3. The van der Waals surface area contributed by atoms with Crippen LogP contribution < -0.4 is 10.5 Å². The van der Waals surface area contributed by atoms with Crippen LogP contribution in [0.5, 0.6) is 5.75 Å². The van der Waals surface area contributed by atoms with E-state index in [0.717, 1.165) is 19.3 Å². The second-order valence-electron chi connectivity index (χ2n) is 15.7. The van der Waals surface area contributed by atoms with Crippen LogP contribution in [0.2, 0.25) is 5.02 Å². The van der Waals surface area contributed by atoms with Crippen molar-refractivity contribution in [2.45, 2.75) is 152 Å². The number of hydrogen-bond acceptors (Lipinski definition) is 14. The van der Waals surface area contributed by atoms with E-state index in [9.17, 15) is 30.2 Å². The highest BCUT2D eigenvalue weighted by atomic mass is 35.5. The molecule has 1 saturated heterocycles. The molecule has 330 valence electrons. The number of phosphoric ester groups is 1. The topological polar surface area (TPSA) is 237 Å². The Morgan fingerprint density at radius 1 is 1.00 bits per heavy atom. The summed E-state index contributed by atoms with van der Waals surface area (Å²) in [5.74, 6) is 0.406. The van der Waals surface area contributed by atoms with Gasteiger partial charge >= 0.3 is 7.82 Å². The second-order valence-corrected chi connectivity index (χ2v) is 17.5. The molecule has 2 unspecified atom stereocenters. The number of hydrogen-bond donors (Lipinski definition) is 4. The Bertz CT molecular complexity index is 1980. The number of phosphoric acid groups is 1. The molecule has 5 rings (SSSR count). The molecule has 2 aliphatic rings. The van der Waals surface area contributed by atoms with E-state index >= 15 is 0 Å². The molecule has 2 fully saturated rings. The Morgan fingerprint density at radius 2 is 1.63 bits per heavy atom. The van der Waals surface area contributed by atoms with Gasteiger partial charge in [0.15, 0.2) is 11.4 Å². The standard InChI is InChI=1S/C42H60ClN6O10P/c1-3-4-5-6-7-8-9-10-11-12-13-14-15-16-17-18-21-55-26-32(56-25-30-22-31(24-44)36(43)34(23-30)54-2)27-57-60(52,53)59-38-37-42(38,51)40(50)41(28-45,58-37)35-20-19-33-39(46)47-29-48-49(33)35/h19-20,22-23,29,32,37-38,40,50-51H,3-18,21,25-27H2,1-2H3,(H,52,53)(H2,46,47,48)/t32-,37-,38?,40+,41+,42+/m1/s1. The lowest BCUT2D eigenvalue weighted by Gasteiger charge is -2.29. The summed E-state index contributed by atoms with van der Waals surface area (Å²) in [7, 11) is -3.49. The van der Waals surface area contributed by atoms with Gasteiger partial charge in [0, 0.05) is 6.61 Å². The first-order valence-electron chi connectivity index (χ1n) is 21.2. The van der Waals surface area contributed by atoms with Crippen LogP contribution in [-0.2, 0) is 40.0 Å². The SMILES string of the molecule is CCCCCCCCCCCCCCCCCCOC[C@H](COP(=O)(O)OC1[C@H]2O[C@@](C#N)(c3ccc4c(N)ncnn34)[C@H](O)[C@@]12O)OCc1cc(C#N)c(Cl)c(OC)c1. The molecule has 1 aliphatic heterocycles. The van der Waals surface area contributed by atoms with Gasteiger partial charge in [-0.2, -0.15) is 15.6 Å². The summed E-state index contributed by atoms with van der Waals surface area (Å²) in [4.78, 5) is 14.7. The van der Waals surface area contributed by atoms with Crippen molar-refractivity contribution in [3.05, 3.63) is 52.4 Å². The summed E-state index contributed by atoms with van der Waals surface area (Å²) in [6.45, 7) is 2.21. The third-order valence-electron chi connectivity index (χ3n) is 11.3. The highest BCUT2D eigenvalue weighted by Crippen LogP contribution is 2.63. The van der Waals surface area contributed by atoms with Crippen molar-refractivity contribution in [3.8, 4) is 17.9 Å². The minimum Gasteiger partial charge on any atom is -0.495 e. The van der Waals surface area contributed by atoms with Gasteiger partial charge in [0.2, 0.25) is 5.60 Å². The van der Waals surface area contributed by atoms with Crippen molar-refractivity contribution < 1.29 is 47.7 Å². The number of nitrogen functional groups attached to an aromatic ring is 1. The molecule has 0 spiro atoms. The number of nitriles is 2. The summed E-state index contributed by atoms with van der Waals surface area (Å²) in [5, 5.41) is 46.6. The fourth-order valence-electron chi connectivity index (χ4n) is 7.75. The van der Waals surface area contributed by atoms with E-state index in [2.05, 4.69) is 17.0 Å². The number of unbranched alkanes of at least 4 members (excludes halogenated alkanes) is 15. The lowest BCUT2D eigenvalue weighted by Crippen LogP contribution is -2.47. The predicted octanol–water partition coefficient (Wildman–Crippen LogP) is 7.43. The molecule has 7 atom stereocenters. The van der Waals surface area contributed by atoms with Crippen LogP contribution in [0.4, 0.5) is 5.82 Å². The third-order valence-corrected chi connectivity index (χ3v) is 12.6. The van der Waals surface area contributed by atoms with Crippen LogP contribution in [0.25, 0.3) is 5.52 Å². The molecule has 0 amide bonds. The first-order chi connectivity index (χ1) is 29.0. The number of benzene rings is 1. The maximum atomic E-state index is 13.2. The maximum absolute atomic E-state index is 13.2. The molecule has 18 heteroatoms. The van der Waals surface area contributed by atoms with E-state index in [0.29, 0.717) is 17.7 Å². The van der Waals surface area contributed by atoms with E-state index in [-0.39, 0.29) is 41.1 Å². The molecule has 1 aromatic carbocycles. The van der Waals surface area contributed by atoms with Crippen LogP contribution >= 0.6 is 19.4 Å². The normalized spacial score (nSPS) is 23.5. The Hall–Kier alpha value is -3.38. The van der Waals surface area contributed by atoms with Gasteiger partial charge in [-0.1, -0.05) is 115 Å². The largest absolute Gasteiger partial charge is 0.495 e. The Labute approximate surface area is 357 Å². The first kappa shape index (κ1) is 47.7. The Balaban J connectivity index is 1.07. The molecule has 1 aliphatic carbocycles. The lowest BCUT2D eigenvalue weighted by atomic mass is 9.90. The summed E-state index contributed by atoms with van der Waals surface area (Å²) >= 11 is 6.24. The number of aliphatic hydroxyl groups excluding tert-OH is 1. The molecule has 3 aromatic rings. The van der Waals surface area contributed by atoms with Gasteiger partial charge < -0.3 is 39.8 Å². The zero-order valence-electron chi connectivity index (χ0n) is 34.7. The Morgan fingerprint density at radius 3 is 2.20 bits per heavy atom. The fraction of sp³-hybridized carbons (Fsp3) is 0.667. The minimum absolute atomic E-state index is 0.0103. The average Bonchev–Trinajstić information content (AvgIpc) is 3.47. The molecule has 2 aromatic heterocycles. The number of methoxy groups -OCH3 is 1. The van der Waals surface area contributed by atoms with E-state index in [1.165, 1.54) is 114 Å². The van der Waals surface area contributed by atoms with E-state index < -0.39 is 50.0 Å². The number of aliphatic hydroxyl groups is 2. The van der Waals surface area contributed by atoms with Crippen LogP contribution in [0.15, 0.2) is 30.6 Å². The van der Waals surface area contributed by atoms with Crippen LogP contribution in [0.3, 0.4) is 0 Å². The average molecular weight is 875 g/mol. The van der Waals surface area contributed by atoms with Crippen LogP contribution in [-0.4, -0.2) is 86.7 Å². The summed E-state index contributed by atoms with van der Waals surface area (Å²) in [5.41, 5.74) is 2.76. The van der Waals surface area contributed by atoms with Gasteiger partial charge in [0.25, 0.3) is 0 Å². The van der Waals surface area contributed by atoms with E-state index in [1.807, 2.05) is 12.1 Å². The molecule has 60 heavy (non-hydrogen) atoms. The quantitative estimate of drug-likeness (QED) is 0.0392. The number of ether oxygens (including phenoxy) is 4. The van der Waals surface area contributed by atoms with E-state index in [4.69, 9.17) is 45.3 Å². The van der Waals surface area contributed by atoms with Crippen molar-refractivity contribution >= 4 is 30.8 Å². The number of nitrogens with two attached hydrogens (primary N) is 1. The zero-order valence-corrected chi connectivity index (χ0v) is 36.3. The molecule has 3 heterocycles. The number of rotatable bonds is 29. The molecule has 0 bridgehead atoms. The molecule has 1 saturated carbocycles. The summed E-state index contributed by atoms with van der Waals surface area (Å²) in [6, 6.07) is 10.1. The molecule has 16 nitrogen and oxygen atoms in total. The number of fused-ring (bicyclic) bond motifs is 2. The fourth-order valence-corrected chi connectivity index (χ4v) is 8.96. The molecular formula is C42H60ClN6O10P. The van der Waals surface area contributed by atoms with Gasteiger partial charge in [-0.3, -0.25) is 9.05 Å². The van der Waals surface area contributed by atoms with Crippen LogP contribution in [0, 0.1) is 22.7 Å². The number of halogens is 1. The van der Waals surface area contributed by atoms with Gasteiger partial charge in [-0.25, -0.2) is 14.1 Å². The third kappa shape index (κ3) is 11.7. The van der Waals surface area contributed by atoms with Crippen molar-refractivity contribution in [2.75, 3.05) is 32.7 Å². The van der Waals surface area contributed by atoms with Gasteiger partial charge in [0.1, 0.15) is 59.2 Å². The highest BCUT2D eigenvalue weighted by molar-refractivity contribution is 7.47. The first-order valence-corrected chi connectivity index (χ1v) is 23.0. The number of nitrogens with zero attached hydrogens (tertiary/aromatic N) is 5. The van der Waals surface area contributed by atoms with Crippen molar-refractivity contribution in [2.24, 2.45) is 0 Å². The predicted molar refractivity (Wildman–Crippen MR) is 223 cm³/mol. The van der Waals surface area contributed by atoms with Gasteiger partial charge in [-0.05, 0) is 36.2 Å². The molecule has 0 radical (unpaired) electrons. The Kier molecular flexibility index (Phi) is 18.0. The van der Waals surface area contributed by atoms with Crippen molar-refractivity contribution in [1.82, 2.24) is 14.6 Å².